The summed E-state index contributed by atoms with van der Waals surface area (Å²) in [7, 11) is 0. The van der Waals surface area contributed by atoms with Crippen LogP contribution < -0.4 is 0 Å². The predicted molar refractivity (Wildman–Crippen MR) is 47.0 cm³/mol. The smallest absolute Gasteiger partial charge is 0.217 e. The fourth-order valence-electron chi connectivity index (χ4n) is 0.638. The maximum atomic E-state index is 5.09. The van der Waals surface area contributed by atoms with Gasteiger partial charge in [-0.3, -0.25) is 0 Å². The van der Waals surface area contributed by atoms with Crippen molar-refractivity contribution in [2.45, 2.75) is 32.8 Å². The molecule has 0 aliphatic rings. The van der Waals surface area contributed by atoms with Crippen molar-refractivity contribution in [2.24, 2.45) is 0 Å². The zero-order valence-corrected chi connectivity index (χ0v) is 7.47. The summed E-state index contributed by atoms with van der Waals surface area (Å²) in [5.41, 5.74) is 0. The van der Waals surface area contributed by atoms with Gasteiger partial charge in [-0.1, -0.05) is 26.0 Å². The van der Waals surface area contributed by atoms with Crippen LogP contribution in [0.3, 0.4) is 0 Å². The molecule has 0 heterocycles. The van der Waals surface area contributed by atoms with Gasteiger partial charge in [0.15, 0.2) is 0 Å². The van der Waals surface area contributed by atoms with Crippen LogP contribution in [-0.4, -0.2) is 10.5 Å². The Hall–Kier alpha value is 0.240. The van der Waals surface area contributed by atoms with Gasteiger partial charge in [-0.25, -0.2) is 0 Å². The molecule has 1 nitrogen and oxygen atoms in total. The number of hydrogen-bond donors (Lipinski definition) is 1. The summed E-state index contributed by atoms with van der Waals surface area (Å²) in [6, 6.07) is 0. The van der Waals surface area contributed by atoms with Gasteiger partial charge in [0.05, 0.1) is 6.10 Å². The average molecular weight is 164 g/mol. The van der Waals surface area contributed by atoms with Gasteiger partial charge < -0.3 is 4.74 Å². The highest BCUT2D eigenvalue weighted by atomic mass is 32.1. The van der Waals surface area contributed by atoms with Crippen LogP contribution >= 0.6 is 24.8 Å². The Balaban J connectivity index is 3.26. The van der Waals surface area contributed by atoms with Crippen molar-refractivity contribution in [1.82, 2.24) is 0 Å². The minimum absolute atomic E-state index is 0.222. The lowest BCUT2D eigenvalue weighted by molar-refractivity contribution is 0.209. The fraction of sp³-hybridized carbons (Fsp3) is 0.833. The molecule has 0 amide bonds. The van der Waals surface area contributed by atoms with E-state index < -0.39 is 0 Å². The van der Waals surface area contributed by atoms with Crippen LogP contribution in [0.5, 0.6) is 0 Å². The zero-order chi connectivity index (χ0) is 7.28. The van der Waals surface area contributed by atoms with Crippen molar-refractivity contribution >= 4 is 29.2 Å². The first-order chi connectivity index (χ1) is 4.16. The molecule has 9 heavy (non-hydrogen) atoms. The average Bonchev–Trinajstić information content (AvgIpc) is 1.63. The van der Waals surface area contributed by atoms with Gasteiger partial charge in [0.1, 0.15) is 0 Å². The van der Waals surface area contributed by atoms with Crippen LogP contribution in [0.25, 0.3) is 0 Å². The molecule has 0 aromatic rings. The molecule has 0 bridgehead atoms. The number of thiocarbonyl (C=S) groups is 1. The Morgan fingerprint density at radius 1 is 1.78 bits per heavy atom. The van der Waals surface area contributed by atoms with E-state index in [0.29, 0.717) is 4.38 Å². The van der Waals surface area contributed by atoms with Gasteiger partial charge >= 0.3 is 0 Å². The van der Waals surface area contributed by atoms with E-state index in [1.807, 2.05) is 6.92 Å². The first kappa shape index (κ1) is 9.24. The lowest BCUT2D eigenvalue weighted by Gasteiger charge is -2.10. The topological polar surface area (TPSA) is 9.23 Å². The third-order valence-corrected chi connectivity index (χ3v) is 1.20. The van der Waals surface area contributed by atoms with Crippen LogP contribution in [0.1, 0.15) is 26.7 Å². The highest BCUT2D eigenvalue weighted by Gasteiger charge is 1.99. The standard InChI is InChI=1S/C6H12OS2/c1-3-4-5(2)7-6(8)9/h5H,3-4H2,1-2H3,(H,8,9). The largest absolute Gasteiger partial charge is 0.476 e. The van der Waals surface area contributed by atoms with Crippen LogP contribution in [0.4, 0.5) is 0 Å². The molecule has 0 saturated carbocycles. The van der Waals surface area contributed by atoms with E-state index in [1.165, 1.54) is 0 Å². The van der Waals surface area contributed by atoms with Gasteiger partial charge in [-0.2, -0.15) is 0 Å². The van der Waals surface area contributed by atoms with Gasteiger partial charge in [-0.15, -0.1) is 0 Å². The van der Waals surface area contributed by atoms with Gasteiger partial charge in [0, 0.05) is 0 Å². The van der Waals surface area contributed by atoms with Gasteiger partial charge in [-0.05, 0) is 25.6 Å². The summed E-state index contributed by atoms with van der Waals surface area (Å²) in [5.74, 6) is 0. The Morgan fingerprint density at radius 3 is 2.67 bits per heavy atom. The highest BCUT2D eigenvalue weighted by Crippen LogP contribution is 2.02. The number of thiol groups is 1. The SMILES string of the molecule is CCCC(C)OC(=S)S. The summed E-state index contributed by atoms with van der Waals surface area (Å²) in [6.45, 7) is 4.10. The predicted octanol–water partition coefficient (Wildman–Crippen LogP) is 2.41. The molecule has 0 rings (SSSR count). The van der Waals surface area contributed by atoms with Gasteiger partial charge in [0.2, 0.25) is 4.38 Å². The normalized spacial score (nSPS) is 12.8. The number of ether oxygens (including phenoxy) is 1. The maximum Gasteiger partial charge on any atom is 0.217 e. The first-order valence-corrected chi connectivity index (χ1v) is 3.92. The van der Waals surface area contributed by atoms with Crippen molar-refractivity contribution in [2.75, 3.05) is 0 Å². The van der Waals surface area contributed by atoms with E-state index in [0.717, 1.165) is 12.8 Å². The van der Waals surface area contributed by atoms with Crippen LogP contribution in [-0.2, 0) is 4.74 Å². The molecule has 0 aromatic carbocycles. The van der Waals surface area contributed by atoms with Crippen LogP contribution in [0, 0.1) is 0 Å². The second-order valence-corrected chi connectivity index (χ2v) is 3.06. The molecule has 0 aromatic heterocycles. The monoisotopic (exact) mass is 164 g/mol. The number of hydrogen-bond acceptors (Lipinski definition) is 2. The molecule has 0 aliphatic carbocycles. The Bertz CT molecular complexity index is 93.1. The molecule has 0 spiro atoms. The number of rotatable bonds is 3. The van der Waals surface area contributed by atoms with Crippen LogP contribution in [0.2, 0.25) is 0 Å². The Morgan fingerprint density at radius 2 is 2.33 bits per heavy atom. The molecule has 54 valence electrons. The lowest BCUT2D eigenvalue weighted by atomic mass is 10.2. The van der Waals surface area contributed by atoms with Crippen molar-refractivity contribution in [1.29, 1.82) is 0 Å². The second-order valence-electron chi connectivity index (χ2n) is 1.98. The van der Waals surface area contributed by atoms with Crippen molar-refractivity contribution < 1.29 is 4.74 Å². The molecular weight excluding hydrogens is 152 g/mol. The minimum Gasteiger partial charge on any atom is -0.476 e. The molecule has 1 unspecified atom stereocenters. The van der Waals surface area contributed by atoms with E-state index >= 15 is 0 Å². The molecule has 0 aliphatic heterocycles. The summed E-state index contributed by atoms with van der Waals surface area (Å²) < 4.78 is 5.43. The summed E-state index contributed by atoms with van der Waals surface area (Å²) >= 11 is 8.47. The zero-order valence-electron chi connectivity index (χ0n) is 5.76. The van der Waals surface area contributed by atoms with Crippen molar-refractivity contribution in [3.05, 3.63) is 0 Å². The quantitative estimate of drug-likeness (QED) is 0.506. The van der Waals surface area contributed by atoms with E-state index in [2.05, 4.69) is 31.8 Å². The minimum atomic E-state index is 0.222. The van der Waals surface area contributed by atoms with E-state index in [1.54, 1.807) is 0 Å². The maximum absolute atomic E-state index is 5.09. The van der Waals surface area contributed by atoms with Crippen LogP contribution in [0.15, 0.2) is 0 Å². The molecule has 3 heteroatoms. The Labute approximate surface area is 67.2 Å². The second kappa shape index (κ2) is 5.06. The molecule has 0 fully saturated rings. The summed E-state index contributed by atoms with van der Waals surface area (Å²) in [6.07, 6.45) is 2.39. The third-order valence-electron chi connectivity index (χ3n) is 0.997. The molecule has 0 N–H and O–H groups in total. The molecule has 1 atom stereocenters. The summed E-state index contributed by atoms with van der Waals surface area (Å²) in [5, 5.41) is 0. The van der Waals surface area contributed by atoms with E-state index in [-0.39, 0.29) is 6.10 Å². The summed E-state index contributed by atoms with van der Waals surface area (Å²) in [4.78, 5) is 0. The molecule has 0 radical (unpaired) electrons. The van der Waals surface area contributed by atoms with Crippen molar-refractivity contribution in [3.63, 3.8) is 0 Å². The van der Waals surface area contributed by atoms with Gasteiger partial charge in [0.25, 0.3) is 0 Å². The first-order valence-electron chi connectivity index (χ1n) is 3.06. The van der Waals surface area contributed by atoms with E-state index in [4.69, 9.17) is 4.74 Å². The molecular formula is C6H12OS2. The van der Waals surface area contributed by atoms with Crippen molar-refractivity contribution in [3.8, 4) is 0 Å². The van der Waals surface area contributed by atoms with E-state index in [9.17, 15) is 0 Å². The highest BCUT2D eigenvalue weighted by molar-refractivity contribution is 8.10. The Kier molecular flexibility index (Phi) is 5.19. The fourth-order valence-corrected chi connectivity index (χ4v) is 0.982. The lowest BCUT2D eigenvalue weighted by Crippen LogP contribution is -2.08. The third kappa shape index (κ3) is 6.12. The molecule has 0 saturated heterocycles.